The summed E-state index contributed by atoms with van der Waals surface area (Å²) < 4.78 is 21.5. The van der Waals surface area contributed by atoms with E-state index < -0.39 is 0 Å². The molecule has 0 aliphatic carbocycles. The van der Waals surface area contributed by atoms with Gasteiger partial charge >= 0.3 is 0 Å². The molecule has 0 saturated heterocycles. The highest BCUT2D eigenvalue weighted by molar-refractivity contribution is 6.29. The Morgan fingerprint density at radius 3 is 1.53 bits per heavy atom. The summed E-state index contributed by atoms with van der Waals surface area (Å²) in [6.45, 7) is 0. The fourth-order valence-electron chi connectivity index (χ4n) is 5.50. The lowest BCUT2D eigenvalue weighted by Gasteiger charge is -2.14. The standard InChI is InChI=1S/C18H18N6O2.C17H14ClN5O2/c1-19-18-22-14-8-16(26-3)15(25-2)7-12(14)17(23-18)21-11-4-5-13-10(6-11)9-20-24-13;1-24-14-6-11-13(7-15(14)25-2)21-17(18)22-16(11)20-10-3-4-12-9(5-10)8-19-23-12/h4-9H,1-3H3,(H,20,24)(H2,19,21,22,23);3-8H,1-2H3,(H,19,23)(H,20,21,22). The first-order chi connectivity index (χ1) is 24.9. The first-order valence-electron chi connectivity index (χ1n) is 15.5. The fourth-order valence-corrected chi connectivity index (χ4v) is 5.68. The highest BCUT2D eigenvalue weighted by Gasteiger charge is 2.15. The van der Waals surface area contributed by atoms with Crippen LogP contribution in [-0.4, -0.2) is 75.8 Å². The van der Waals surface area contributed by atoms with Gasteiger partial charge in [-0.2, -0.15) is 20.2 Å². The van der Waals surface area contributed by atoms with Crippen molar-refractivity contribution in [1.29, 1.82) is 0 Å². The maximum atomic E-state index is 6.09. The molecule has 16 heteroatoms. The summed E-state index contributed by atoms with van der Waals surface area (Å²) >= 11 is 6.09. The number of ether oxygens (including phenoxy) is 4. The van der Waals surface area contributed by atoms with Crippen LogP contribution in [-0.2, 0) is 0 Å². The zero-order chi connectivity index (χ0) is 35.5. The lowest BCUT2D eigenvalue weighted by atomic mass is 10.2. The number of nitrogens with zero attached hydrogens (tertiary/aromatic N) is 6. The van der Waals surface area contributed by atoms with E-state index in [4.69, 9.17) is 30.5 Å². The molecule has 0 saturated carbocycles. The summed E-state index contributed by atoms with van der Waals surface area (Å²) in [5.74, 6) is 4.17. The molecule has 4 aromatic carbocycles. The minimum absolute atomic E-state index is 0.145. The Kier molecular flexibility index (Phi) is 9.09. The Labute approximate surface area is 295 Å². The van der Waals surface area contributed by atoms with Crippen molar-refractivity contribution in [3.8, 4) is 23.0 Å². The molecule has 258 valence electrons. The molecule has 0 amide bonds. The lowest BCUT2D eigenvalue weighted by Crippen LogP contribution is -2.03. The molecular formula is C35H32ClN11O4. The molecule has 4 heterocycles. The van der Waals surface area contributed by atoms with E-state index in [0.717, 1.165) is 49.5 Å². The molecule has 8 rings (SSSR count). The van der Waals surface area contributed by atoms with Crippen molar-refractivity contribution in [2.45, 2.75) is 0 Å². The topological polar surface area (TPSA) is 182 Å². The molecule has 0 radical (unpaired) electrons. The van der Waals surface area contributed by atoms with Crippen LogP contribution in [0.4, 0.5) is 29.0 Å². The molecule has 0 aliphatic rings. The number of halogens is 1. The Hall–Kier alpha value is -6.61. The summed E-state index contributed by atoms with van der Waals surface area (Å²) in [6.07, 6.45) is 3.55. The van der Waals surface area contributed by atoms with E-state index in [2.05, 4.69) is 56.3 Å². The van der Waals surface area contributed by atoms with Gasteiger partial charge in [0.1, 0.15) is 11.6 Å². The maximum Gasteiger partial charge on any atom is 0.224 e. The van der Waals surface area contributed by atoms with Gasteiger partial charge in [-0.15, -0.1) is 0 Å². The third kappa shape index (κ3) is 6.69. The van der Waals surface area contributed by atoms with Gasteiger partial charge in [-0.1, -0.05) is 0 Å². The number of nitrogens with one attached hydrogen (secondary N) is 5. The second kappa shape index (κ2) is 14.1. The van der Waals surface area contributed by atoms with Crippen LogP contribution in [0.15, 0.2) is 73.1 Å². The molecule has 0 bridgehead atoms. The van der Waals surface area contributed by atoms with Crippen LogP contribution in [0.2, 0.25) is 5.28 Å². The Morgan fingerprint density at radius 1 is 0.569 bits per heavy atom. The van der Waals surface area contributed by atoms with E-state index in [1.165, 1.54) is 0 Å². The number of hydrogen-bond acceptors (Lipinski definition) is 13. The predicted molar refractivity (Wildman–Crippen MR) is 199 cm³/mol. The van der Waals surface area contributed by atoms with Gasteiger partial charge in [-0.05, 0) is 60.1 Å². The van der Waals surface area contributed by atoms with E-state index in [9.17, 15) is 0 Å². The normalized spacial score (nSPS) is 10.9. The van der Waals surface area contributed by atoms with Crippen LogP contribution in [0.5, 0.6) is 23.0 Å². The zero-order valence-corrected chi connectivity index (χ0v) is 28.9. The van der Waals surface area contributed by atoms with Gasteiger partial charge in [0, 0.05) is 52.1 Å². The van der Waals surface area contributed by atoms with Crippen molar-refractivity contribution in [3.63, 3.8) is 0 Å². The largest absolute Gasteiger partial charge is 0.493 e. The number of H-pyrrole nitrogens is 2. The van der Waals surface area contributed by atoms with Crippen LogP contribution < -0.4 is 34.9 Å². The molecule has 15 nitrogen and oxygen atoms in total. The summed E-state index contributed by atoms with van der Waals surface area (Å²) in [7, 11) is 8.14. The van der Waals surface area contributed by atoms with Gasteiger partial charge in [0.2, 0.25) is 11.2 Å². The van der Waals surface area contributed by atoms with Crippen molar-refractivity contribution in [2.24, 2.45) is 0 Å². The number of methoxy groups -OCH3 is 4. The average molecular weight is 706 g/mol. The van der Waals surface area contributed by atoms with E-state index in [1.807, 2.05) is 54.6 Å². The first-order valence-corrected chi connectivity index (χ1v) is 15.9. The maximum absolute atomic E-state index is 6.09. The van der Waals surface area contributed by atoms with Crippen LogP contribution in [0.25, 0.3) is 43.6 Å². The molecule has 4 aromatic heterocycles. The molecule has 0 aliphatic heterocycles. The quantitative estimate of drug-likeness (QED) is 0.0950. The number of rotatable bonds is 9. The van der Waals surface area contributed by atoms with Gasteiger partial charge in [-0.3, -0.25) is 10.2 Å². The summed E-state index contributed by atoms with van der Waals surface area (Å²) in [6, 6.07) is 19.1. The third-order valence-corrected chi connectivity index (χ3v) is 8.17. The molecule has 0 spiro atoms. The number of aromatic nitrogens is 8. The summed E-state index contributed by atoms with van der Waals surface area (Å²) in [5, 5.41) is 27.3. The number of fused-ring (bicyclic) bond motifs is 4. The monoisotopic (exact) mass is 705 g/mol. The second-order valence-corrected chi connectivity index (χ2v) is 11.4. The van der Waals surface area contributed by atoms with Gasteiger partial charge < -0.3 is 34.9 Å². The zero-order valence-electron chi connectivity index (χ0n) is 28.1. The molecule has 8 aromatic rings. The second-order valence-electron chi connectivity index (χ2n) is 11.0. The molecule has 0 fully saturated rings. The van der Waals surface area contributed by atoms with Crippen molar-refractivity contribution in [1.82, 2.24) is 40.3 Å². The lowest BCUT2D eigenvalue weighted by molar-refractivity contribution is 0.356. The van der Waals surface area contributed by atoms with E-state index in [-0.39, 0.29) is 5.28 Å². The molecule has 5 N–H and O–H groups in total. The van der Waals surface area contributed by atoms with E-state index in [0.29, 0.717) is 46.1 Å². The fraction of sp³-hybridized carbons (Fsp3) is 0.143. The molecule has 0 atom stereocenters. The predicted octanol–water partition coefficient (Wildman–Crippen LogP) is 7.23. The smallest absolute Gasteiger partial charge is 0.224 e. The third-order valence-electron chi connectivity index (χ3n) is 8.00. The highest BCUT2D eigenvalue weighted by Crippen LogP contribution is 2.37. The Bertz CT molecular complexity index is 2520. The van der Waals surface area contributed by atoms with Crippen LogP contribution in [0, 0.1) is 0 Å². The summed E-state index contributed by atoms with van der Waals surface area (Å²) in [5.41, 5.74) is 5.10. The van der Waals surface area contributed by atoms with Crippen LogP contribution in [0.3, 0.4) is 0 Å². The molecule has 51 heavy (non-hydrogen) atoms. The molecule has 0 unspecified atom stereocenters. The van der Waals surface area contributed by atoms with Crippen LogP contribution >= 0.6 is 11.6 Å². The number of aromatic amines is 2. The minimum Gasteiger partial charge on any atom is -0.493 e. The summed E-state index contributed by atoms with van der Waals surface area (Å²) in [4.78, 5) is 17.7. The Morgan fingerprint density at radius 2 is 1.04 bits per heavy atom. The SMILES string of the molecule is CNc1nc(Nc2ccc3[nH]ncc3c2)c2cc(OC)c(OC)cc2n1.COc1cc2nc(Cl)nc(Nc3ccc4[nH]ncc4c3)c2cc1OC. The van der Waals surface area contributed by atoms with E-state index in [1.54, 1.807) is 53.9 Å². The van der Waals surface area contributed by atoms with Crippen molar-refractivity contribution >= 4 is 84.2 Å². The number of benzene rings is 4. The van der Waals surface area contributed by atoms with Gasteiger partial charge in [0.25, 0.3) is 0 Å². The van der Waals surface area contributed by atoms with E-state index >= 15 is 0 Å². The first kappa shape index (κ1) is 32.9. The minimum atomic E-state index is 0.145. The van der Waals surface area contributed by atoms with Crippen molar-refractivity contribution < 1.29 is 18.9 Å². The van der Waals surface area contributed by atoms with Crippen LogP contribution in [0.1, 0.15) is 0 Å². The number of anilines is 5. The highest BCUT2D eigenvalue weighted by atomic mass is 35.5. The van der Waals surface area contributed by atoms with Gasteiger partial charge in [0.05, 0.1) is 62.9 Å². The van der Waals surface area contributed by atoms with Crippen molar-refractivity contribution in [2.75, 3.05) is 51.4 Å². The van der Waals surface area contributed by atoms with Gasteiger partial charge in [0.15, 0.2) is 23.0 Å². The Balaban J connectivity index is 0.000000159. The van der Waals surface area contributed by atoms with Crippen molar-refractivity contribution in [3.05, 3.63) is 78.3 Å². The number of hydrogen-bond donors (Lipinski definition) is 5. The average Bonchev–Trinajstić information content (AvgIpc) is 3.83. The van der Waals surface area contributed by atoms with Gasteiger partial charge in [-0.25, -0.2) is 9.97 Å². The molecular weight excluding hydrogens is 674 g/mol.